The first-order valence-corrected chi connectivity index (χ1v) is 10.5. The molecule has 3 aromatic rings. The molecule has 3 N–H and O–H groups in total. The average molecular weight is 416 g/mol. The van der Waals surface area contributed by atoms with Crippen LogP contribution in [0.25, 0.3) is 10.8 Å². The molecule has 1 heterocycles. The summed E-state index contributed by atoms with van der Waals surface area (Å²) in [4.78, 5) is 13.4. The lowest BCUT2D eigenvalue weighted by molar-refractivity contribution is -0.113. The molecule has 1 aliphatic rings. The Labute approximate surface area is 182 Å². The van der Waals surface area contributed by atoms with Crippen molar-refractivity contribution in [3.8, 4) is 0 Å². The molecule has 3 aromatic carbocycles. The molecule has 5 heteroatoms. The molecule has 152 valence electrons. The maximum absolute atomic E-state index is 13.4. The lowest BCUT2D eigenvalue weighted by Gasteiger charge is -2.30. The van der Waals surface area contributed by atoms with Gasteiger partial charge in [-0.1, -0.05) is 68.4 Å². The van der Waals surface area contributed by atoms with E-state index < -0.39 is 0 Å². The highest BCUT2D eigenvalue weighted by atomic mass is 32.1. The number of carbonyl (C=O) groups excluding carboxylic acids is 1. The summed E-state index contributed by atoms with van der Waals surface area (Å²) in [7, 11) is 0. The molecule has 30 heavy (non-hydrogen) atoms. The van der Waals surface area contributed by atoms with Crippen molar-refractivity contribution in [2.75, 3.05) is 5.32 Å². The van der Waals surface area contributed by atoms with E-state index in [1.54, 1.807) is 0 Å². The second-order valence-electron chi connectivity index (χ2n) is 7.87. The molecule has 0 radical (unpaired) electrons. The fourth-order valence-electron chi connectivity index (χ4n) is 3.94. The zero-order valence-electron chi connectivity index (χ0n) is 17.3. The maximum Gasteiger partial charge on any atom is 0.255 e. The van der Waals surface area contributed by atoms with Crippen molar-refractivity contribution in [2.45, 2.75) is 32.7 Å². The number of allylic oxidation sites excluding steroid dienone is 1. The quantitative estimate of drug-likeness (QED) is 0.500. The second kappa shape index (κ2) is 8.28. The number of anilines is 1. The minimum absolute atomic E-state index is 0.138. The molecule has 0 aromatic heterocycles. The van der Waals surface area contributed by atoms with Crippen molar-refractivity contribution in [3.05, 3.63) is 89.1 Å². The predicted molar refractivity (Wildman–Crippen MR) is 127 cm³/mol. The van der Waals surface area contributed by atoms with E-state index in [0.29, 0.717) is 16.6 Å². The lowest BCUT2D eigenvalue weighted by atomic mass is 9.93. The number of hydrogen-bond donors (Lipinski definition) is 3. The number of amides is 1. The number of para-hydroxylation sites is 1. The highest BCUT2D eigenvalue weighted by molar-refractivity contribution is 7.80. The van der Waals surface area contributed by atoms with E-state index >= 15 is 0 Å². The van der Waals surface area contributed by atoms with Crippen LogP contribution in [0.15, 0.2) is 78.0 Å². The molecule has 0 bridgehead atoms. The number of rotatable bonds is 4. The molecule has 0 aliphatic carbocycles. The van der Waals surface area contributed by atoms with Gasteiger partial charge in [-0.15, -0.1) is 0 Å². The van der Waals surface area contributed by atoms with Gasteiger partial charge in [0.15, 0.2) is 5.11 Å². The number of hydrogen-bond acceptors (Lipinski definition) is 2. The second-order valence-corrected chi connectivity index (χ2v) is 8.28. The van der Waals surface area contributed by atoms with Gasteiger partial charge in [-0.25, -0.2) is 0 Å². The Morgan fingerprint density at radius 1 is 1.00 bits per heavy atom. The fraction of sp³-hybridized carbons (Fsp3) is 0.200. The van der Waals surface area contributed by atoms with E-state index in [4.69, 9.17) is 12.2 Å². The Kier molecular flexibility index (Phi) is 5.55. The summed E-state index contributed by atoms with van der Waals surface area (Å²) < 4.78 is 0. The molecule has 0 unspecified atom stereocenters. The summed E-state index contributed by atoms with van der Waals surface area (Å²) in [6, 6.07) is 22.1. The first-order chi connectivity index (χ1) is 14.4. The minimum atomic E-state index is -0.324. The first kappa shape index (κ1) is 20.1. The van der Waals surface area contributed by atoms with Crippen LogP contribution in [-0.2, 0) is 4.79 Å². The number of nitrogens with one attached hydrogen (secondary N) is 3. The minimum Gasteiger partial charge on any atom is -0.351 e. The van der Waals surface area contributed by atoms with E-state index in [0.717, 1.165) is 33.3 Å². The zero-order valence-corrected chi connectivity index (χ0v) is 18.1. The van der Waals surface area contributed by atoms with Crippen molar-refractivity contribution >= 4 is 39.7 Å². The van der Waals surface area contributed by atoms with Crippen LogP contribution in [-0.4, -0.2) is 11.0 Å². The summed E-state index contributed by atoms with van der Waals surface area (Å²) in [5.41, 5.74) is 4.34. The van der Waals surface area contributed by atoms with E-state index in [9.17, 15) is 4.79 Å². The van der Waals surface area contributed by atoms with Crippen molar-refractivity contribution in [2.24, 2.45) is 0 Å². The van der Waals surface area contributed by atoms with Gasteiger partial charge >= 0.3 is 0 Å². The monoisotopic (exact) mass is 415 g/mol. The Morgan fingerprint density at radius 3 is 2.47 bits per heavy atom. The molecule has 1 amide bonds. The third kappa shape index (κ3) is 3.94. The molecule has 4 rings (SSSR count). The summed E-state index contributed by atoms with van der Waals surface area (Å²) in [6.45, 7) is 6.13. The Bertz CT molecular complexity index is 1170. The highest BCUT2D eigenvalue weighted by Gasteiger charge is 2.30. The van der Waals surface area contributed by atoms with Gasteiger partial charge in [0, 0.05) is 11.4 Å². The number of carbonyl (C=O) groups is 1. The SMILES string of the molecule is CC1=C(C(=O)Nc2ccccc2C(C)C)[C@H](c2ccc3ccccc3c2)NC(=S)N1. The van der Waals surface area contributed by atoms with E-state index in [-0.39, 0.29) is 11.9 Å². The molecule has 0 saturated heterocycles. The molecule has 0 spiro atoms. The fourth-order valence-corrected chi connectivity index (χ4v) is 4.21. The van der Waals surface area contributed by atoms with Crippen molar-refractivity contribution in [1.29, 1.82) is 0 Å². The van der Waals surface area contributed by atoms with E-state index in [2.05, 4.69) is 66.2 Å². The van der Waals surface area contributed by atoms with Gasteiger partial charge in [0.1, 0.15) is 0 Å². The highest BCUT2D eigenvalue weighted by Crippen LogP contribution is 2.31. The molecule has 0 fully saturated rings. The average Bonchev–Trinajstić information content (AvgIpc) is 2.73. The third-order valence-electron chi connectivity index (χ3n) is 5.45. The number of benzene rings is 3. The predicted octanol–water partition coefficient (Wildman–Crippen LogP) is 5.39. The van der Waals surface area contributed by atoms with Crippen molar-refractivity contribution < 1.29 is 4.79 Å². The van der Waals surface area contributed by atoms with Crippen molar-refractivity contribution in [1.82, 2.24) is 10.6 Å². The van der Waals surface area contributed by atoms with Crippen LogP contribution in [0.3, 0.4) is 0 Å². The van der Waals surface area contributed by atoms with Gasteiger partial charge in [-0.05, 0) is 59.1 Å². The van der Waals surface area contributed by atoms with Crippen LogP contribution < -0.4 is 16.0 Å². The summed E-state index contributed by atoms with van der Waals surface area (Å²) in [5, 5.41) is 12.3. The summed E-state index contributed by atoms with van der Waals surface area (Å²) in [5.74, 6) is 0.171. The topological polar surface area (TPSA) is 53.2 Å². The Hall–Kier alpha value is -3.18. The van der Waals surface area contributed by atoms with Crippen LogP contribution in [0.5, 0.6) is 0 Å². The van der Waals surface area contributed by atoms with Crippen LogP contribution in [0.2, 0.25) is 0 Å². The lowest BCUT2D eigenvalue weighted by Crippen LogP contribution is -2.45. The van der Waals surface area contributed by atoms with E-state index in [1.165, 1.54) is 0 Å². The molecular formula is C25H25N3OS. The van der Waals surface area contributed by atoms with Gasteiger partial charge in [-0.2, -0.15) is 0 Å². The smallest absolute Gasteiger partial charge is 0.255 e. The molecule has 1 atom stereocenters. The standard InChI is InChI=1S/C25H25N3OS/c1-15(2)20-10-6-7-11-21(20)27-24(29)22-16(3)26-25(30)28-23(22)19-13-12-17-8-4-5-9-18(17)14-19/h4-15,23H,1-3H3,(H,27,29)(H2,26,28,30)/t23-/m0/s1. The maximum atomic E-state index is 13.4. The number of fused-ring (bicyclic) bond motifs is 1. The van der Waals surface area contributed by atoms with Crippen LogP contribution in [0.4, 0.5) is 5.69 Å². The third-order valence-corrected chi connectivity index (χ3v) is 5.67. The summed E-state index contributed by atoms with van der Waals surface area (Å²) in [6.07, 6.45) is 0. The summed E-state index contributed by atoms with van der Waals surface area (Å²) >= 11 is 5.39. The number of thiocarbonyl (C=S) groups is 1. The first-order valence-electron chi connectivity index (χ1n) is 10.1. The van der Waals surface area contributed by atoms with Gasteiger partial charge < -0.3 is 16.0 Å². The van der Waals surface area contributed by atoms with Gasteiger partial charge in [0.2, 0.25) is 0 Å². The van der Waals surface area contributed by atoms with Crippen LogP contribution >= 0.6 is 12.2 Å². The molecule has 0 saturated carbocycles. The van der Waals surface area contributed by atoms with Gasteiger partial charge in [-0.3, -0.25) is 4.79 Å². The van der Waals surface area contributed by atoms with E-state index in [1.807, 2.05) is 37.3 Å². The van der Waals surface area contributed by atoms with Crippen molar-refractivity contribution in [3.63, 3.8) is 0 Å². The zero-order chi connectivity index (χ0) is 21.3. The van der Waals surface area contributed by atoms with Gasteiger partial charge in [0.05, 0.1) is 11.6 Å². The van der Waals surface area contributed by atoms with Crippen LogP contribution in [0, 0.1) is 0 Å². The molecular weight excluding hydrogens is 390 g/mol. The molecule has 1 aliphatic heterocycles. The van der Waals surface area contributed by atoms with Gasteiger partial charge in [0.25, 0.3) is 5.91 Å². The Balaban J connectivity index is 1.72. The largest absolute Gasteiger partial charge is 0.351 e. The molecule has 4 nitrogen and oxygen atoms in total. The normalized spacial score (nSPS) is 16.4. The van der Waals surface area contributed by atoms with Crippen LogP contribution in [0.1, 0.15) is 43.9 Å². The Morgan fingerprint density at radius 2 is 1.70 bits per heavy atom.